The molecule has 0 amide bonds. The second kappa shape index (κ2) is 6.40. The summed E-state index contributed by atoms with van der Waals surface area (Å²) in [6, 6.07) is 8.02. The Labute approximate surface area is 153 Å². The number of rotatable bonds is 1. The van der Waals surface area contributed by atoms with Crippen molar-refractivity contribution in [3.05, 3.63) is 47.2 Å². The maximum absolute atomic E-state index is 13.1. The Hall–Kier alpha value is -2.40. The number of carbonyl (C=O) groups is 2. The molecule has 0 saturated carbocycles. The molecule has 136 valence electrons. The number of methoxy groups -OCH3 is 1. The number of carbonyl (C=O) groups excluding carboxylic acids is 2. The summed E-state index contributed by atoms with van der Waals surface area (Å²) in [4.78, 5) is 31.3. The minimum atomic E-state index is -0.323. The Morgan fingerprint density at radius 3 is 2.81 bits per heavy atom. The van der Waals surface area contributed by atoms with E-state index in [2.05, 4.69) is 16.9 Å². The Morgan fingerprint density at radius 1 is 1.31 bits per heavy atom. The van der Waals surface area contributed by atoms with Crippen LogP contribution in [0.15, 0.2) is 35.9 Å². The van der Waals surface area contributed by atoms with Gasteiger partial charge in [-0.05, 0) is 32.0 Å². The van der Waals surface area contributed by atoms with Crippen LogP contribution >= 0.6 is 0 Å². The number of fused-ring (bicyclic) bond motifs is 5. The van der Waals surface area contributed by atoms with E-state index in [1.165, 1.54) is 7.11 Å². The van der Waals surface area contributed by atoms with E-state index >= 15 is 0 Å². The minimum Gasteiger partial charge on any atom is -0.469 e. The molecule has 0 radical (unpaired) electrons. The highest BCUT2D eigenvalue weighted by Crippen LogP contribution is 2.41. The van der Waals surface area contributed by atoms with Crippen molar-refractivity contribution in [2.45, 2.75) is 25.8 Å². The zero-order chi connectivity index (χ0) is 18.4. The molecular weight excluding hydrogens is 328 g/mol. The van der Waals surface area contributed by atoms with Crippen molar-refractivity contribution in [1.29, 1.82) is 0 Å². The fraction of sp³-hybridized carbons (Fsp3) is 0.429. The number of para-hydroxylation sites is 1. The number of esters is 1. The van der Waals surface area contributed by atoms with Crippen molar-refractivity contribution in [3.8, 4) is 0 Å². The van der Waals surface area contributed by atoms with Crippen molar-refractivity contribution in [2.24, 2.45) is 11.8 Å². The molecule has 2 bridgehead atoms. The summed E-state index contributed by atoms with van der Waals surface area (Å²) in [5.41, 5.74) is 3.85. The molecule has 1 saturated heterocycles. The smallest absolute Gasteiger partial charge is 0.310 e. The average Bonchev–Trinajstić information content (AvgIpc) is 3.01. The molecule has 0 spiro atoms. The fourth-order valence-electron chi connectivity index (χ4n) is 4.76. The van der Waals surface area contributed by atoms with E-state index in [9.17, 15) is 9.59 Å². The first-order valence-corrected chi connectivity index (χ1v) is 9.11. The molecule has 1 aromatic carbocycles. The molecule has 2 aliphatic rings. The van der Waals surface area contributed by atoms with Gasteiger partial charge in [-0.15, -0.1) is 0 Å². The fourth-order valence-corrected chi connectivity index (χ4v) is 4.76. The summed E-state index contributed by atoms with van der Waals surface area (Å²) in [5.74, 6) is -0.559. The zero-order valence-electron chi connectivity index (χ0n) is 15.4. The van der Waals surface area contributed by atoms with Gasteiger partial charge in [-0.2, -0.15) is 0 Å². The van der Waals surface area contributed by atoms with E-state index < -0.39 is 0 Å². The number of H-pyrrole nitrogens is 1. The standard InChI is InChI=1S/C21H24N2O3/c1-4-12-11-23(2)17-9-15-13-7-5-6-8-16(13)22-20(15)18(24)10-14(12)19(17)21(25)26-3/h4-8,14,17,19,22H,9-11H2,1-3H3/b12-4-/t14?,17?,19-/m1/s1. The number of benzene rings is 1. The highest BCUT2D eigenvalue weighted by Gasteiger charge is 2.46. The van der Waals surface area contributed by atoms with Crippen LogP contribution in [0.4, 0.5) is 0 Å². The van der Waals surface area contributed by atoms with Gasteiger partial charge in [-0.25, -0.2) is 0 Å². The third kappa shape index (κ3) is 2.50. The number of allylic oxidation sites excluding steroid dienone is 1. The molecule has 3 atom stereocenters. The van der Waals surface area contributed by atoms with Crippen LogP contribution in [0.2, 0.25) is 0 Å². The summed E-state index contributed by atoms with van der Waals surface area (Å²) in [6.07, 6.45) is 3.05. The number of nitrogens with zero attached hydrogens (tertiary/aromatic N) is 1. The number of likely N-dealkylation sites (tertiary alicyclic amines) is 1. The van der Waals surface area contributed by atoms with Crippen molar-refractivity contribution in [2.75, 3.05) is 20.7 Å². The molecule has 5 nitrogen and oxygen atoms in total. The zero-order valence-corrected chi connectivity index (χ0v) is 15.4. The van der Waals surface area contributed by atoms with Gasteiger partial charge < -0.3 is 9.72 Å². The maximum Gasteiger partial charge on any atom is 0.310 e. The van der Waals surface area contributed by atoms with Crippen LogP contribution in [0.5, 0.6) is 0 Å². The van der Waals surface area contributed by atoms with E-state index in [0.29, 0.717) is 18.5 Å². The van der Waals surface area contributed by atoms with Crippen LogP contribution in [0.1, 0.15) is 29.4 Å². The molecule has 2 heterocycles. The molecule has 1 fully saturated rings. The largest absolute Gasteiger partial charge is 0.469 e. The lowest BCUT2D eigenvalue weighted by Crippen LogP contribution is -2.54. The second-order valence-electron chi connectivity index (χ2n) is 7.36. The van der Waals surface area contributed by atoms with Gasteiger partial charge >= 0.3 is 5.97 Å². The lowest BCUT2D eigenvalue weighted by molar-refractivity contribution is -0.150. The Kier molecular flexibility index (Phi) is 4.19. The van der Waals surface area contributed by atoms with E-state index in [0.717, 1.165) is 28.6 Å². The SMILES string of the molecule is C/C=C1/CN(C)C2Cc3c([nH]c4ccccc34)C(=O)CC1[C@H]2C(=O)OC. The van der Waals surface area contributed by atoms with E-state index in [1.807, 2.05) is 37.3 Å². The van der Waals surface area contributed by atoms with Crippen molar-refractivity contribution in [1.82, 2.24) is 9.88 Å². The molecule has 26 heavy (non-hydrogen) atoms. The highest BCUT2D eigenvalue weighted by molar-refractivity contribution is 6.03. The number of ether oxygens (including phenoxy) is 1. The Morgan fingerprint density at radius 2 is 2.08 bits per heavy atom. The van der Waals surface area contributed by atoms with Crippen LogP contribution in [0.3, 0.4) is 0 Å². The van der Waals surface area contributed by atoms with E-state index in [-0.39, 0.29) is 29.6 Å². The van der Waals surface area contributed by atoms with Gasteiger partial charge in [0.05, 0.1) is 18.7 Å². The van der Waals surface area contributed by atoms with Crippen molar-refractivity contribution >= 4 is 22.7 Å². The normalized spacial score (nSPS) is 27.9. The number of piperidine rings is 1. The third-order valence-corrected chi connectivity index (χ3v) is 6.08. The quantitative estimate of drug-likeness (QED) is 0.633. The molecule has 4 rings (SSSR count). The van der Waals surface area contributed by atoms with Gasteiger partial charge in [-0.1, -0.05) is 29.8 Å². The van der Waals surface area contributed by atoms with Gasteiger partial charge in [0.25, 0.3) is 0 Å². The number of Topliss-reactive ketones (excluding diaryl/α,β-unsaturated/α-hetero) is 1. The monoisotopic (exact) mass is 352 g/mol. The number of likely N-dealkylation sites (N-methyl/N-ethyl adjacent to an activating group) is 1. The molecule has 1 aliphatic heterocycles. The summed E-state index contributed by atoms with van der Waals surface area (Å²) in [7, 11) is 3.49. The van der Waals surface area contributed by atoms with Gasteiger partial charge in [0, 0.05) is 35.8 Å². The molecule has 1 aliphatic carbocycles. The topological polar surface area (TPSA) is 62.4 Å². The van der Waals surface area contributed by atoms with Crippen molar-refractivity contribution in [3.63, 3.8) is 0 Å². The first kappa shape index (κ1) is 17.0. The Balaban J connectivity index is 1.91. The van der Waals surface area contributed by atoms with Gasteiger partial charge in [0.15, 0.2) is 5.78 Å². The number of aromatic nitrogens is 1. The molecule has 1 aromatic heterocycles. The van der Waals surface area contributed by atoms with Gasteiger partial charge in [0.2, 0.25) is 0 Å². The molecule has 1 N–H and O–H groups in total. The number of hydrogen-bond donors (Lipinski definition) is 1. The van der Waals surface area contributed by atoms with Crippen LogP contribution in [0, 0.1) is 11.8 Å². The molecule has 2 unspecified atom stereocenters. The first-order chi connectivity index (χ1) is 12.5. The van der Waals surface area contributed by atoms with Gasteiger partial charge in [-0.3, -0.25) is 14.5 Å². The Bertz CT molecular complexity index is 911. The summed E-state index contributed by atoms with van der Waals surface area (Å²) >= 11 is 0. The molecule has 5 heteroatoms. The number of ketones is 1. The predicted octanol–water partition coefficient (Wildman–Crippen LogP) is 2.96. The van der Waals surface area contributed by atoms with Crippen LogP contribution in [-0.2, 0) is 16.0 Å². The maximum atomic E-state index is 13.1. The van der Waals surface area contributed by atoms with Crippen LogP contribution < -0.4 is 0 Å². The number of nitrogens with one attached hydrogen (secondary N) is 1. The number of hydrogen-bond acceptors (Lipinski definition) is 4. The molecular formula is C21H24N2O3. The third-order valence-electron chi connectivity index (χ3n) is 6.08. The average molecular weight is 352 g/mol. The second-order valence-corrected chi connectivity index (χ2v) is 7.36. The molecule has 2 aromatic rings. The first-order valence-electron chi connectivity index (χ1n) is 9.11. The van der Waals surface area contributed by atoms with E-state index in [4.69, 9.17) is 4.74 Å². The lowest BCUT2D eigenvalue weighted by Gasteiger charge is -2.45. The number of aromatic amines is 1. The summed E-state index contributed by atoms with van der Waals surface area (Å²) < 4.78 is 5.14. The van der Waals surface area contributed by atoms with Crippen molar-refractivity contribution < 1.29 is 14.3 Å². The van der Waals surface area contributed by atoms with Crippen LogP contribution in [0.25, 0.3) is 10.9 Å². The van der Waals surface area contributed by atoms with E-state index in [1.54, 1.807) is 0 Å². The lowest BCUT2D eigenvalue weighted by atomic mass is 9.70. The highest BCUT2D eigenvalue weighted by atomic mass is 16.5. The summed E-state index contributed by atoms with van der Waals surface area (Å²) in [6.45, 7) is 2.76. The van der Waals surface area contributed by atoms with Gasteiger partial charge in [0.1, 0.15) is 0 Å². The predicted molar refractivity (Wildman–Crippen MR) is 100 cm³/mol. The minimum absolute atomic E-state index is 0.0159. The van der Waals surface area contributed by atoms with Crippen LogP contribution in [-0.4, -0.2) is 48.4 Å². The summed E-state index contributed by atoms with van der Waals surface area (Å²) in [5, 5.41) is 1.07.